The van der Waals surface area contributed by atoms with Gasteiger partial charge in [-0.2, -0.15) is 4.31 Å². The quantitative estimate of drug-likeness (QED) is 0.747. The van der Waals surface area contributed by atoms with E-state index in [1.165, 1.54) is 34.8 Å². The van der Waals surface area contributed by atoms with Crippen LogP contribution in [0.2, 0.25) is 0 Å². The van der Waals surface area contributed by atoms with Crippen LogP contribution < -0.4 is 10.6 Å². The molecule has 29 heavy (non-hydrogen) atoms. The van der Waals surface area contributed by atoms with Crippen LogP contribution in [0.4, 0.5) is 5.69 Å². The van der Waals surface area contributed by atoms with Crippen LogP contribution in [-0.4, -0.2) is 49.2 Å². The molecule has 154 valence electrons. The molecule has 2 N–H and O–H groups in total. The molecule has 0 spiro atoms. The van der Waals surface area contributed by atoms with Gasteiger partial charge in [-0.15, -0.1) is 0 Å². The standard InChI is InChI=1S/C20H24N4O4S/c1-15-8-11-24(12-9-15)29(27,28)18-6-4-16(5-7-18)20(26)22-14-19(25)23-17-3-2-10-21-13-17/h2-7,10,13,15H,8-9,11-12,14H2,1H3,(H,22,26)(H,23,25). The van der Waals surface area contributed by atoms with Gasteiger partial charge in [-0.05, 0) is 55.2 Å². The molecule has 1 saturated heterocycles. The molecule has 1 aromatic carbocycles. The highest BCUT2D eigenvalue weighted by Crippen LogP contribution is 2.23. The van der Waals surface area contributed by atoms with Gasteiger partial charge in [0.15, 0.2) is 0 Å². The zero-order valence-corrected chi connectivity index (χ0v) is 17.0. The molecule has 0 aliphatic carbocycles. The number of hydrogen-bond donors (Lipinski definition) is 2. The molecule has 0 unspecified atom stereocenters. The van der Waals surface area contributed by atoms with Crippen LogP contribution in [0.15, 0.2) is 53.7 Å². The number of aromatic nitrogens is 1. The maximum atomic E-state index is 12.7. The van der Waals surface area contributed by atoms with E-state index in [1.807, 2.05) is 0 Å². The lowest BCUT2D eigenvalue weighted by Crippen LogP contribution is -2.37. The number of carbonyl (C=O) groups is 2. The summed E-state index contributed by atoms with van der Waals surface area (Å²) in [6.07, 6.45) is 4.79. The Labute approximate surface area is 170 Å². The van der Waals surface area contributed by atoms with Crippen LogP contribution in [0, 0.1) is 5.92 Å². The second-order valence-electron chi connectivity index (χ2n) is 7.08. The lowest BCUT2D eigenvalue weighted by molar-refractivity contribution is -0.115. The molecule has 2 amide bonds. The molecule has 2 aromatic rings. The van der Waals surface area contributed by atoms with Crippen molar-refractivity contribution in [3.05, 3.63) is 54.4 Å². The molecule has 2 heterocycles. The fourth-order valence-corrected chi connectivity index (χ4v) is 4.53. The van der Waals surface area contributed by atoms with E-state index in [1.54, 1.807) is 18.3 Å². The zero-order valence-electron chi connectivity index (χ0n) is 16.2. The fourth-order valence-electron chi connectivity index (χ4n) is 3.06. The number of anilines is 1. The number of nitrogens with one attached hydrogen (secondary N) is 2. The minimum absolute atomic E-state index is 0.165. The van der Waals surface area contributed by atoms with Crippen LogP contribution in [0.25, 0.3) is 0 Å². The average molecular weight is 417 g/mol. The molecule has 1 aliphatic rings. The number of amides is 2. The second kappa shape index (κ2) is 9.15. The Morgan fingerprint density at radius 1 is 1.14 bits per heavy atom. The minimum atomic E-state index is -3.56. The number of carbonyl (C=O) groups excluding carboxylic acids is 2. The largest absolute Gasteiger partial charge is 0.343 e. The molecule has 8 nitrogen and oxygen atoms in total. The molecular formula is C20H24N4O4S. The number of nitrogens with zero attached hydrogens (tertiary/aromatic N) is 2. The Kier molecular flexibility index (Phi) is 6.60. The van der Waals surface area contributed by atoms with E-state index in [4.69, 9.17) is 0 Å². The van der Waals surface area contributed by atoms with Crippen LogP contribution in [0.1, 0.15) is 30.1 Å². The van der Waals surface area contributed by atoms with E-state index in [2.05, 4.69) is 22.5 Å². The monoisotopic (exact) mass is 416 g/mol. The van der Waals surface area contributed by atoms with E-state index >= 15 is 0 Å². The third-order valence-corrected chi connectivity index (χ3v) is 6.76. The fraction of sp³-hybridized carbons (Fsp3) is 0.350. The number of sulfonamides is 1. The minimum Gasteiger partial charge on any atom is -0.343 e. The summed E-state index contributed by atoms with van der Waals surface area (Å²) in [6.45, 7) is 2.93. The second-order valence-corrected chi connectivity index (χ2v) is 9.02. The molecule has 0 saturated carbocycles. The first-order valence-electron chi connectivity index (χ1n) is 9.44. The van der Waals surface area contributed by atoms with Crippen molar-refractivity contribution in [3.63, 3.8) is 0 Å². The van der Waals surface area contributed by atoms with Crippen molar-refractivity contribution >= 4 is 27.5 Å². The SMILES string of the molecule is CC1CCN(S(=O)(=O)c2ccc(C(=O)NCC(=O)Nc3cccnc3)cc2)CC1. The molecule has 3 rings (SSSR count). The van der Waals surface area contributed by atoms with Crippen LogP contribution in [-0.2, 0) is 14.8 Å². The lowest BCUT2D eigenvalue weighted by Gasteiger charge is -2.29. The molecule has 0 atom stereocenters. The van der Waals surface area contributed by atoms with Gasteiger partial charge in [-0.25, -0.2) is 8.42 Å². The Morgan fingerprint density at radius 3 is 2.45 bits per heavy atom. The number of rotatable bonds is 6. The van der Waals surface area contributed by atoms with Crippen molar-refractivity contribution in [1.29, 1.82) is 0 Å². The Bertz CT molecular complexity index is 954. The Balaban J connectivity index is 1.56. The summed E-state index contributed by atoms with van der Waals surface area (Å²) in [6, 6.07) is 9.14. The van der Waals surface area contributed by atoms with Gasteiger partial charge in [-0.1, -0.05) is 6.92 Å². The van der Waals surface area contributed by atoms with Gasteiger partial charge in [0.05, 0.1) is 23.3 Å². The Hall–Kier alpha value is -2.78. The summed E-state index contributed by atoms with van der Waals surface area (Å²) >= 11 is 0. The first-order chi connectivity index (χ1) is 13.9. The normalized spacial score (nSPS) is 15.6. The summed E-state index contributed by atoms with van der Waals surface area (Å²) in [5, 5.41) is 5.13. The first kappa shape index (κ1) is 20.9. The van der Waals surface area contributed by atoms with E-state index in [0.29, 0.717) is 24.7 Å². The molecule has 0 radical (unpaired) electrons. The highest BCUT2D eigenvalue weighted by atomic mass is 32.2. The number of benzene rings is 1. The van der Waals surface area contributed by atoms with Gasteiger partial charge in [0.2, 0.25) is 15.9 Å². The van der Waals surface area contributed by atoms with Gasteiger partial charge in [-0.3, -0.25) is 14.6 Å². The third kappa shape index (κ3) is 5.39. The van der Waals surface area contributed by atoms with E-state index in [0.717, 1.165) is 12.8 Å². The van der Waals surface area contributed by atoms with Gasteiger partial charge >= 0.3 is 0 Å². The van der Waals surface area contributed by atoms with Crippen molar-refractivity contribution in [3.8, 4) is 0 Å². The molecular weight excluding hydrogens is 392 g/mol. The predicted molar refractivity (Wildman–Crippen MR) is 109 cm³/mol. The smallest absolute Gasteiger partial charge is 0.251 e. The summed E-state index contributed by atoms with van der Waals surface area (Å²) < 4.78 is 27.0. The van der Waals surface area contributed by atoms with Gasteiger partial charge in [0.1, 0.15) is 0 Å². The van der Waals surface area contributed by atoms with Crippen molar-refractivity contribution < 1.29 is 18.0 Å². The molecule has 0 bridgehead atoms. The topological polar surface area (TPSA) is 108 Å². The average Bonchev–Trinajstić information content (AvgIpc) is 2.73. The van der Waals surface area contributed by atoms with Crippen molar-refractivity contribution in [2.24, 2.45) is 5.92 Å². The van der Waals surface area contributed by atoms with E-state index in [-0.39, 0.29) is 22.9 Å². The number of pyridine rings is 1. The number of hydrogen-bond acceptors (Lipinski definition) is 5. The van der Waals surface area contributed by atoms with Gasteiger partial charge in [0, 0.05) is 24.8 Å². The molecule has 1 aromatic heterocycles. The van der Waals surface area contributed by atoms with Crippen molar-refractivity contribution in [2.75, 3.05) is 25.0 Å². The zero-order chi connectivity index (χ0) is 20.9. The van der Waals surface area contributed by atoms with Crippen molar-refractivity contribution in [1.82, 2.24) is 14.6 Å². The summed E-state index contributed by atoms with van der Waals surface area (Å²) in [7, 11) is -3.56. The Morgan fingerprint density at radius 2 is 1.83 bits per heavy atom. The van der Waals surface area contributed by atoms with Crippen LogP contribution in [0.3, 0.4) is 0 Å². The highest BCUT2D eigenvalue weighted by molar-refractivity contribution is 7.89. The lowest BCUT2D eigenvalue weighted by atomic mass is 10.0. The van der Waals surface area contributed by atoms with Crippen molar-refractivity contribution in [2.45, 2.75) is 24.7 Å². The summed E-state index contributed by atoms with van der Waals surface area (Å²) in [4.78, 5) is 28.2. The van der Waals surface area contributed by atoms with Crippen LogP contribution in [0.5, 0.6) is 0 Å². The predicted octanol–water partition coefficient (Wildman–Crippen LogP) is 1.87. The molecule has 9 heteroatoms. The summed E-state index contributed by atoms with van der Waals surface area (Å²) in [5.41, 5.74) is 0.818. The summed E-state index contributed by atoms with van der Waals surface area (Å²) in [5.74, 6) is -0.310. The third-order valence-electron chi connectivity index (χ3n) is 4.85. The van der Waals surface area contributed by atoms with Gasteiger partial charge in [0.25, 0.3) is 5.91 Å². The van der Waals surface area contributed by atoms with E-state index in [9.17, 15) is 18.0 Å². The maximum Gasteiger partial charge on any atom is 0.251 e. The van der Waals surface area contributed by atoms with E-state index < -0.39 is 15.9 Å². The number of piperidine rings is 1. The first-order valence-corrected chi connectivity index (χ1v) is 10.9. The van der Waals surface area contributed by atoms with Gasteiger partial charge < -0.3 is 10.6 Å². The molecule has 1 fully saturated rings. The maximum absolute atomic E-state index is 12.7. The molecule has 1 aliphatic heterocycles. The van der Waals surface area contributed by atoms with Crippen LogP contribution >= 0.6 is 0 Å². The highest BCUT2D eigenvalue weighted by Gasteiger charge is 2.28.